The molecular formula is C18H18ClNO4S. The molecule has 3 rings (SSSR count). The normalized spacial score (nSPS) is 16.2. The average Bonchev–Trinajstić information content (AvgIpc) is 3.02. The molecule has 2 aromatic carbocycles. The van der Waals surface area contributed by atoms with Crippen LogP contribution < -0.4 is 4.72 Å². The van der Waals surface area contributed by atoms with Crippen molar-refractivity contribution in [2.75, 3.05) is 0 Å². The van der Waals surface area contributed by atoms with Crippen LogP contribution >= 0.6 is 11.6 Å². The Morgan fingerprint density at radius 1 is 1.08 bits per heavy atom. The van der Waals surface area contributed by atoms with E-state index in [0.29, 0.717) is 5.56 Å². The van der Waals surface area contributed by atoms with Crippen molar-refractivity contribution in [3.05, 3.63) is 65.2 Å². The van der Waals surface area contributed by atoms with E-state index in [-0.39, 0.29) is 4.90 Å². The number of alkyl halides is 1. The first kappa shape index (κ1) is 17.9. The molecule has 5 nitrogen and oxygen atoms in total. The van der Waals surface area contributed by atoms with Gasteiger partial charge in [0.2, 0.25) is 10.0 Å². The van der Waals surface area contributed by atoms with Crippen LogP contribution in [0.4, 0.5) is 0 Å². The Balaban J connectivity index is 1.87. The van der Waals surface area contributed by atoms with Crippen LogP contribution in [0.1, 0.15) is 29.0 Å². The molecule has 1 aliphatic rings. The fourth-order valence-electron chi connectivity index (χ4n) is 3.11. The number of benzene rings is 2. The predicted molar refractivity (Wildman–Crippen MR) is 95.2 cm³/mol. The van der Waals surface area contributed by atoms with Gasteiger partial charge in [-0.2, -0.15) is 4.72 Å². The lowest BCUT2D eigenvalue weighted by molar-refractivity contribution is -0.138. The van der Waals surface area contributed by atoms with Gasteiger partial charge in [0, 0.05) is 0 Å². The highest BCUT2D eigenvalue weighted by atomic mass is 35.5. The van der Waals surface area contributed by atoms with Gasteiger partial charge >= 0.3 is 5.97 Å². The van der Waals surface area contributed by atoms with Gasteiger partial charge in [-0.3, -0.25) is 4.79 Å². The van der Waals surface area contributed by atoms with E-state index in [4.69, 9.17) is 11.6 Å². The van der Waals surface area contributed by atoms with Gasteiger partial charge in [0.25, 0.3) is 0 Å². The highest BCUT2D eigenvalue weighted by Crippen LogP contribution is 2.29. The van der Waals surface area contributed by atoms with Crippen LogP contribution in [0.25, 0.3) is 0 Å². The molecule has 0 radical (unpaired) electrons. The molecule has 2 N–H and O–H groups in total. The van der Waals surface area contributed by atoms with E-state index in [2.05, 4.69) is 4.72 Å². The summed E-state index contributed by atoms with van der Waals surface area (Å²) in [6.07, 6.45) is 2.93. The largest absolute Gasteiger partial charge is 0.481 e. The number of fused-ring (bicyclic) bond motifs is 1. The van der Waals surface area contributed by atoms with Crippen molar-refractivity contribution >= 4 is 27.6 Å². The topological polar surface area (TPSA) is 83.5 Å². The van der Waals surface area contributed by atoms with Crippen LogP contribution in [0.2, 0.25) is 0 Å². The number of aliphatic carboxylic acids is 1. The summed E-state index contributed by atoms with van der Waals surface area (Å²) in [6, 6.07) is 13.2. The monoisotopic (exact) mass is 379 g/mol. The third-order valence-electron chi connectivity index (χ3n) is 4.36. The zero-order valence-corrected chi connectivity index (χ0v) is 14.9. The molecule has 1 aliphatic carbocycles. The van der Waals surface area contributed by atoms with Gasteiger partial charge in [-0.25, -0.2) is 8.42 Å². The minimum absolute atomic E-state index is 0.0405. The molecule has 0 aliphatic heterocycles. The summed E-state index contributed by atoms with van der Waals surface area (Å²) in [5.41, 5.74) is 1.52. The molecule has 0 amide bonds. The molecule has 2 atom stereocenters. The number of halogens is 1. The second-order valence-electron chi connectivity index (χ2n) is 6.03. The minimum atomic E-state index is -3.90. The Bertz CT molecular complexity index is 883. The summed E-state index contributed by atoms with van der Waals surface area (Å²) in [5.74, 6) is -2.35. The summed E-state index contributed by atoms with van der Waals surface area (Å²) in [5, 5.41) is 9.59. The third-order valence-corrected chi connectivity index (χ3v) is 6.31. The first-order valence-electron chi connectivity index (χ1n) is 7.94. The fraction of sp³-hybridized carbons (Fsp3) is 0.278. The maximum absolute atomic E-state index is 12.4. The summed E-state index contributed by atoms with van der Waals surface area (Å²) in [7, 11) is -3.90. The number of carboxylic acid groups (broad SMARTS) is 1. The minimum Gasteiger partial charge on any atom is -0.481 e. The lowest BCUT2D eigenvalue weighted by Gasteiger charge is -2.20. The van der Waals surface area contributed by atoms with Gasteiger partial charge < -0.3 is 5.11 Å². The average molecular weight is 380 g/mol. The van der Waals surface area contributed by atoms with E-state index in [9.17, 15) is 18.3 Å². The van der Waals surface area contributed by atoms with Gasteiger partial charge in [-0.05, 0) is 48.1 Å². The summed E-state index contributed by atoms with van der Waals surface area (Å²) >= 11 is 6.19. The van der Waals surface area contributed by atoms with Crippen LogP contribution in [0.5, 0.6) is 0 Å². The number of hydrogen-bond acceptors (Lipinski definition) is 3. The van der Waals surface area contributed by atoms with Crippen molar-refractivity contribution in [1.82, 2.24) is 4.72 Å². The quantitative estimate of drug-likeness (QED) is 0.597. The molecule has 0 saturated heterocycles. The molecule has 0 bridgehead atoms. The van der Waals surface area contributed by atoms with E-state index in [0.717, 1.165) is 24.8 Å². The van der Waals surface area contributed by atoms with Crippen LogP contribution in [0, 0.1) is 0 Å². The van der Waals surface area contributed by atoms with Crippen LogP contribution in [-0.2, 0) is 27.7 Å². The van der Waals surface area contributed by atoms with Crippen molar-refractivity contribution in [2.45, 2.75) is 35.6 Å². The summed E-state index contributed by atoms with van der Waals surface area (Å²) in [4.78, 5) is 11.8. The SMILES string of the molecule is O=C(O)C(c1ccc2c(c1)CCC2)C(Cl)NS(=O)(=O)c1ccccc1. The molecule has 0 spiro atoms. The van der Waals surface area contributed by atoms with E-state index in [1.165, 1.54) is 17.7 Å². The maximum Gasteiger partial charge on any atom is 0.313 e. The number of hydrogen-bond donors (Lipinski definition) is 2. The van der Waals surface area contributed by atoms with Crippen molar-refractivity contribution in [2.24, 2.45) is 0 Å². The third kappa shape index (κ3) is 3.86. The molecule has 7 heteroatoms. The highest BCUT2D eigenvalue weighted by molar-refractivity contribution is 7.89. The van der Waals surface area contributed by atoms with Gasteiger partial charge in [0.15, 0.2) is 0 Å². The summed E-state index contributed by atoms with van der Waals surface area (Å²) in [6.45, 7) is 0. The lowest BCUT2D eigenvalue weighted by Crippen LogP contribution is -2.38. The number of sulfonamides is 1. The standard InChI is InChI=1S/C18H18ClNO4S/c19-17(20-25(23,24)15-7-2-1-3-8-15)16(18(21)22)14-10-9-12-5-4-6-13(12)11-14/h1-3,7-11,16-17,20H,4-6H2,(H,21,22). The van der Waals surface area contributed by atoms with Gasteiger partial charge in [0.05, 0.1) is 4.90 Å². The Kier molecular flexibility index (Phi) is 5.13. The lowest BCUT2D eigenvalue weighted by atomic mass is 9.95. The predicted octanol–water partition coefficient (Wildman–Crippen LogP) is 2.89. The molecule has 25 heavy (non-hydrogen) atoms. The molecule has 0 heterocycles. The number of carboxylic acids is 1. The van der Waals surface area contributed by atoms with Crippen molar-refractivity contribution in [1.29, 1.82) is 0 Å². The number of rotatable bonds is 6. The first-order valence-corrected chi connectivity index (χ1v) is 9.86. The van der Waals surface area contributed by atoms with E-state index in [1.54, 1.807) is 24.3 Å². The van der Waals surface area contributed by atoms with Crippen LogP contribution in [-0.4, -0.2) is 25.0 Å². The number of carbonyl (C=O) groups is 1. The molecule has 0 fully saturated rings. The Hall–Kier alpha value is -1.89. The maximum atomic E-state index is 12.4. The molecule has 0 saturated carbocycles. The fourth-order valence-corrected chi connectivity index (χ4v) is 4.80. The van der Waals surface area contributed by atoms with E-state index in [1.807, 2.05) is 12.1 Å². The smallest absolute Gasteiger partial charge is 0.313 e. The zero-order chi connectivity index (χ0) is 18.0. The van der Waals surface area contributed by atoms with Gasteiger partial charge in [-0.1, -0.05) is 36.4 Å². The number of nitrogens with one attached hydrogen (secondary N) is 1. The molecule has 2 aromatic rings. The second kappa shape index (κ2) is 7.15. The van der Waals surface area contributed by atoms with Crippen LogP contribution in [0.3, 0.4) is 0 Å². The molecule has 132 valence electrons. The van der Waals surface area contributed by atoms with Crippen LogP contribution in [0.15, 0.2) is 53.4 Å². The second-order valence-corrected chi connectivity index (χ2v) is 8.22. The molecule has 2 unspecified atom stereocenters. The highest BCUT2D eigenvalue weighted by Gasteiger charge is 2.32. The van der Waals surface area contributed by atoms with Crippen molar-refractivity contribution in [3.63, 3.8) is 0 Å². The molecule has 0 aromatic heterocycles. The van der Waals surface area contributed by atoms with E-state index < -0.39 is 27.4 Å². The first-order chi connectivity index (χ1) is 11.9. The summed E-state index contributed by atoms with van der Waals surface area (Å²) < 4.78 is 27.1. The van der Waals surface area contributed by atoms with Gasteiger partial charge in [-0.15, -0.1) is 11.6 Å². The zero-order valence-electron chi connectivity index (χ0n) is 13.4. The van der Waals surface area contributed by atoms with Gasteiger partial charge in [0.1, 0.15) is 11.4 Å². The van der Waals surface area contributed by atoms with E-state index >= 15 is 0 Å². The number of aryl methyl sites for hydroxylation is 2. The Morgan fingerprint density at radius 3 is 2.44 bits per heavy atom. The van der Waals surface area contributed by atoms with Crippen molar-refractivity contribution < 1.29 is 18.3 Å². The van der Waals surface area contributed by atoms with Crippen molar-refractivity contribution in [3.8, 4) is 0 Å². The molecular weight excluding hydrogens is 362 g/mol. The Morgan fingerprint density at radius 2 is 1.76 bits per heavy atom. The Labute approximate surface area is 151 Å².